The molecule has 1 aromatic heterocycles. The predicted molar refractivity (Wildman–Crippen MR) is 98.8 cm³/mol. The van der Waals surface area contributed by atoms with Crippen molar-refractivity contribution in [1.82, 2.24) is 4.98 Å². The minimum absolute atomic E-state index is 0.891. The molecule has 2 aromatic carbocycles. The summed E-state index contributed by atoms with van der Waals surface area (Å²) in [5.41, 5.74) is 2.37. The predicted octanol–water partition coefficient (Wildman–Crippen LogP) is 5.50. The van der Waals surface area contributed by atoms with E-state index in [1.54, 1.807) is 18.4 Å². The minimum atomic E-state index is 0.891. The largest absolute Gasteiger partial charge is 0.497 e. The zero-order chi connectivity index (χ0) is 15.4. The molecule has 0 fully saturated rings. The molecular formula is C17H17NOS3. The third kappa shape index (κ3) is 3.97. The number of ether oxygens (including phenoxy) is 1. The van der Waals surface area contributed by atoms with Gasteiger partial charge < -0.3 is 4.74 Å². The van der Waals surface area contributed by atoms with E-state index in [0.717, 1.165) is 27.1 Å². The van der Waals surface area contributed by atoms with Crippen LogP contribution in [0.4, 0.5) is 0 Å². The Kier molecular flexibility index (Phi) is 5.28. The molecule has 0 N–H and O–H groups in total. The summed E-state index contributed by atoms with van der Waals surface area (Å²) in [6.07, 6.45) is 0. The second-order valence-electron chi connectivity index (χ2n) is 4.83. The second-order valence-corrected chi connectivity index (χ2v) is 8.37. The van der Waals surface area contributed by atoms with Crippen molar-refractivity contribution in [2.45, 2.75) is 16.2 Å². The Morgan fingerprint density at radius 2 is 1.95 bits per heavy atom. The first-order valence-electron chi connectivity index (χ1n) is 7.01. The number of hydrogen-bond donors (Lipinski definition) is 0. The van der Waals surface area contributed by atoms with Gasteiger partial charge in [0.2, 0.25) is 0 Å². The molecule has 3 rings (SSSR count). The maximum absolute atomic E-state index is 5.26. The average molecular weight is 348 g/mol. The summed E-state index contributed by atoms with van der Waals surface area (Å²) in [6, 6.07) is 14.7. The smallest absolute Gasteiger partial charge is 0.151 e. The number of thioether (sulfide) groups is 2. The first-order chi connectivity index (χ1) is 10.7. The van der Waals surface area contributed by atoms with Crippen LogP contribution in [0.2, 0.25) is 0 Å². The van der Waals surface area contributed by atoms with Crippen molar-refractivity contribution < 1.29 is 4.74 Å². The highest BCUT2D eigenvalue weighted by molar-refractivity contribution is 8.03. The van der Waals surface area contributed by atoms with Crippen LogP contribution >= 0.6 is 34.9 Å². The van der Waals surface area contributed by atoms with Gasteiger partial charge in [-0.15, -0.1) is 23.1 Å². The van der Waals surface area contributed by atoms with Crippen molar-refractivity contribution in [3.8, 4) is 5.75 Å². The topological polar surface area (TPSA) is 22.1 Å². The van der Waals surface area contributed by atoms with Gasteiger partial charge in [-0.1, -0.05) is 29.5 Å². The van der Waals surface area contributed by atoms with Crippen molar-refractivity contribution in [3.63, 3.8) is 0 Å². The number of rotatable bonds is 6. The van der Waals surface area contributed by atoms with Crippen LogP contribution in [-0.4, -0.2) is 23.6 Å². The number of hydrogen-bond acceptors (Lipinski definition) is 5. The Morgan fingerprint density at radius 1 is 1.09 bits per heavy atom. The van der Waals surface area contributed by atoms with Gasteiger partial charge >= 0.3 is 0 Å². The Hall–Kier alpha value is -1.17. The van der Waals surface area contributed by atoms with E-state index < -0.39 is 0 Å². The highest BCUT2D eigenvalue weighted by atomic mass is 32.2. The van der Waals surface area contributed by atoms with Gasteiger partial charge in [0.15, 0.2) is 4.34 Å². The fourth-order valence-electron chi connectivity index (χ4n) is 2.07. The Bertz CT molecular complexity index is 769. The number of nitrogens with zero attached hydrogens (tertiary/aromatic N) is 1. The van der Waals surface area contributed by atoms with E-state index in [-0.39, 0.29) is 0 Å². The van der Waals surface area contributed by atoms with E-state index in [1.807, 2.05) is 35.7 Å². The molecule has 114 valence electrons. The molecule has 3 aromatic rings. The minimum Gasteiger partial charge on any atom is -0.497 e. The highest BCUT2D eigenvalue weighted by Gasteiger charge is 2.05. The Morgan fingerprint density at radius 3 is 2.77 bits per heavy atom. The normalized spacial score (nSPS) is 11.0. The number of fused-ring (bicyclic) bond motifs is 1. The van der Waals surface area contributed by atoms with Crippen LogP contribution in [0, 0.1) is 6.92 Å². The molecule has 0 aliphatic carbocycles. The summed E-state index contributed by atoms with van der Waals surface area (Å²) >= 11 is 5.47. The van der Waals surface area contributed by atoms with Crippen LogP contribution in [0.3, 0.4) is 0 Å². The highest BCUT2D eigenvalue weighted by Crippen LogP contribution is 2.32. The maximum Gasteiger partial charge on any atom is 0.151 e. The van der Waals surface area contributed by atoms with Crippen LogP contribution in [0.5, 0.6) is 5.75 Å². The fraction of sp³-hybridized carbons (Fsp3) is 0.235. The van der Waals surface area contributed by atoms with Crippen molar-refractivity contribution >= 4 is 45.1 Å². The molecule has 0 saturated carbocycles. The third-order valence-electron chi connectivity index (χ3n) is 3.14. The summed E-state index contributed by atoms with van der Waals surface area (Å²) in [5.74, 6) is 3.05. The standard InChI is InChI=1S/C17H17NOS3/c1-12-4-3-5-14(10-12)20-8-9-21-17-18-15-7-6-13(19-2)11-16(15)22-17/h3-7,10-11H,8-9H2,1-2H3. The monoisotopic (exact) mass is 347 g/mol. The molecule has 0 spiro atoms. The lowest BCUT2D eigenvalue weighted by atomic mass is 10.2. The van der Waals surface area contributed by atoms with Gasteiger partial charge in [0.05, 0.1) is 17.3 Å². The van der Waals surface area contributed by atoms with E-state index in [4.69, 9.17) is 4.74 Å². The molecule has 0 aliphatic rings. The summed E-state index contributed by atoms with van der Waals surface area (Å²) in [7, 11) is 1.69. The van der Waals surface area contributed by atoms with Gasteiger partial charge in [0.1, 0.15) is 5.75 Å². The maximum atomic E-state index is 5.26. The van der Waals surface area contributed by atoms with Crippen molar-refractivity contribution in [2.75, 3.05) is 18.6 Å². The first kappa shape index (κ1) is 15.7. The van der Waals surface area contributed by atoms with Crippen LogP contribution in [-0.2, 0) is 0 Å². The molecule has 0 amide bonds. The number of thiazole rings is 1. The lowest BCUT2D eigenvalue weighted by Gasteiger charge is -2.01. The number of benzene rings is 2. The molecule has 22 heavy (non-hydrogen) atoms. The first-order valence-corrected chi connectivity index (χ1v) is 9.80. The van der Waals surface area contributed by atoms with Crippen LogP contribution in [0.25, 0.3) is 10.2 Å². The van der Waals surface area contributed by atoms with Crippen LogP contribution in [0.1, 0.15) is 5.56 Å². The van der Waals surface area contributed by atoms with Crippen LogP contribution < -0.4 is 4.74 Å². The molecule has 0 saturated heterocycles. The molecule has 0 atom stereocenters. The molecule has 5 heteroatoms. The summed E-state index contributed by atoms with van der Waals surface area (Å²) in [4.78, 5) is 6.01. The zero-order valence-corrected chi connectivity index (χ0v) is 15.0. The lowest BCUT2D eigenvalue weighted by molar-refractivity contribution is 0.415. The SMILES string of the molecule is COc1ccc2nc(SCCSc3cccc(C)c3)sc2c1. The van der Waals surface area contributed by atoms with Gasteiger partial charge in [-0.05, 0) is 37.3 Å². The average Bonchev–Trinajstić information content (AvgIpc) is 2.93. The number of aromatic nitrogens is 1. The van der Waals surface area contributed by atoms with E-state index >= 15 is 0 Å². The number of aryl methyl sites for hydroxylation is 1. The summed E-state index contributed by atoms with van der Waals surface area (Å²) in [5, 5.41) is 0. The van der Waals surface area contributed by atoms with E-state index in [0.29, 0.717) is 0 Å². The quantitative estimate of drug-likeness (QED) is 0.434. The molecule has 0 aliphatic heterocycles. The van der Waals surface area contributed by atoms with Crippen molar-refractivity contribution in [3.05, 3.63) is 48.0 Å². The third-order valence-corrected chi connectivity index (χ3v) is 6.56. The fourth-order valence-corrected chi connectivity index (χ4v) is 5.23. The molecule has 0 bridgehead atoms. The molecule has 0 radical (unpaired) electrons. The molecule has 2 nitrogen and oxygen atoms in total. The van der Waals surface area contributed by atoms with Gasteiger partial charge in [-0.3, -0.25) is 0 Å². The van der Waals surface area contributed by atoms with Crippen molar-refractivity contribution in [1.29, 1.82) is 0 Å². The Balaban J connectivity index is 1.55. The van der Waals surface area contributed by atoms with E-state index in [9.17, 15) is 0 Å². The summed E-state index contributed by atoms with van der Waals surface area (Å²) in [6.45, 7) is 2.13. The van der Waals surface area contributed by atoms with Crippen LogP contribution in [0.15, 0.2) is 51.7 Å². The van der Waals surface area contributed by atoms with Gasteiger partial charge in [-0.25, -0.2) is 4.98 Å². The van der Waals surface area contributed by atoms with Gasteiger partial charge in [0.25, 0.3) is 0 Å². The second kappa shape index (κ2) is 7.40. The summed E-state index contributed by atoms with van der Waals surface area (Å²) < 4.78 is 7.58. The van der Waals surface area contributed by atoms with Crippen molar-refractivity contribution in [2.24, 2.45) is 0 Å². The number of methoxy groups -OCH3 is 1. The van der Waals surface area contributed by atoms with Gasteiger partial charge in [0, 0.05) is 16.4 Å². The van der Waals surface area contributed by atoms with E-state index in [2.05, 4.69) is 42.2 Å². The lowest BCUT2D eigenvalue weighted by Crippen LogP contribution is -1.84. The van der Waals surface area contributed by atoms with Gasteiger partial charge in [-0.2, -0.15) is 0 Å². The molecule has 1 heterocycles. The zero-order valence-electron chi connectivity index (χ0n) is 12.5. The van der Waals surface area contributed by atoms with E-state index in [1.165, 1.54) is 15.2 Å². The molecular weight excluding hydrogens is 330 g/mol. The Labute approximate surface area is 143 Å². The molecule has 0 unspecified atom stereocenters.